The molecule has 86 valence electrons. The predicted molar refractivity (Wildman–Crippen MR) is 62.3 cm³/mol. The second-order valence-electron chi connectivity index (χ2n) is 4.68. The van der Waals surface area contributed by atoms with Crippen LogP contribution in [-0.2, 0) is 4.79 Å². The second-order valence-corrected chi connectivity index (χ2v) is 5.78. The monoisotopic (exact) mass is 229 g/mol. The minimum Gasteiger partial charge on any atom is -0.480 e. The Hall–Kier alpha value is -0.220. The van der Waals surface area contributed by atoms with E-state index in [4.69, 9.17) is 0 Å². The first kappa shape index (κ1) is 11.3. The average molecular weight is 229 g/mol. The van der Waals surface area contributed by atoms with Gasteiger partial charge in [-0.15, -0.1) is 0 Å². The maximum absolute atomic E-state index is 11.6. The zero-order chi connectivity index (χ0) is 10.9. The lowest BCUT2D eigenvalue weighted by Gasteiger charge is -2.42. The van der Waals surface area contributed by atoms with Crippen LogP contribution in [0.3, 0.4) is 0 Å². The van der Waals surface area contributed by atoms with Gasteiger partial charge in [0.1, 0.15) is 5.54 Å². The van der Waals surface area contributed by atoms with Crippen molar-refractivity contribution in [2.45, 2.75) is 44.2 Å². The smallest absolute Gasteiger partial charge is 0.324 e. The number of nitrogens with zero attached hydrogens (tertiary/aromatic N) is 1. The maximum Gasteiger partial charge on any atom is 0.324 e. The van der Waals surface area contributed by atoms with Crippen LogP contribution in [0.2, 0.25) is 0 Å². The molecule has 0 aromatic heterocycles. The Morgan fingerprint density at radius 2 is 2.33 bits per heavy atom. The van der Waals surface area contributed by atoms with E-state index in [0.29, 0.717) is 6.04 Å². The second kappa shape index (κ2) is 4.34. The Labute approximate surface area is 95.2 Å². The number of likely N-dealkylation sites (tertiary alicyclic amines) is 1. The molecule has 0 saturated carbocycles. The Bertz CT molecular complexity index is 251. The molecule has 3 nitrogen and oxygen atoms in total. The van der Waals surface area contributed by atoms with E-state index < -0.39 is 11.5 Å². The summed E-state index contributed by atoms with van der Waals surface area (Å²) in [7, 11) is 0. The fraction of sp³-hybridized carbons (Fsp3) is 0.909. The summed E-state index contributed by atoms with van der Waals surface area (Å²) in [6.45, 7) is 3.13. The normalized spacial score (nSPS) is 38.1. The number of aliphatic carboxylic acids is 1. The third-order valence-corrected chi connectivity index (χ3v) is 4.98. The molecule has 2 unspecified atom stereocenters. The van der Waals surface area contributed by atoms with Crippen molar-refractivity contribution in [3.05, 3.63) is 0 Å². The molecule has 2 rings (SSSR count). The highest BCUT2D eigenvalue weighted by Crippen LogP contribution is 2.37. The van der Waals surface area contributed by atoms with E-state index in [1.807, 2.05) is 0 Å². The number of carboxylic acid groups (broad SMARTS) is 1. The Kier molecular flexibility index (Phi) is 3.26. The third-order valence-electron chi connectivity index (χ3n) is 3.72. The van der Waals surface area contributed by atoms with Crippen molar-refractivity contribution in [1.82, 2.24) is 4.90 Å². The Morgan fingerprint density at radius 3 is 2.80 bits per heavy atom. The lowest BCUT2D eigenvalue weighted by molar-refractivity contribution is -0.151. The summed E-state index contributed by atoms with van der Waals surface area (Å²) in [5, 5.41) is 9.51. The van der Waals surface area contributed by atoms with Crippen LogP contribution in [0, 0.1) is 0 Å². The average Bonchev–Trinajstić information content (AvgIpc) is 2.66. The van der Waals surface area contributed by atoms with E-state index in [9.17, 15) is 9.90 Å². The minimum atomic E-state index is -0.608. The molecule has 0 bridgehead atoms. The predicted octanol–water partition coefficient (Wildman–Crippen LogP) is 1.82. The highest BCUT2D eigenvalue weighted by Gasteiger charge is 2.48. The van der Waals surface area contributed by atoms with Crippen LogP contribution in [-0.4, -0.2) is 45.6 Å². The topological polar surface area (TPSA) is 40.5 Å². The number of carboxylic acids is 1. The van der Waals surface area contributed by atoms with Gasteiger partial charge < -0.3 is 5.11 Å². The molecule has 2 saturated heterocycles. The quantitative estimate of drug-likeness (QED) is 0.784. The number of carbonyl (C=O) groups is 1. The molecule has 0 aromatic rings. The molecule has 2 atom stereocenters. The summed E-state index contributed by atoms with van der Waals surface area (Å²) < 4.78 is 0. The molecule has 0 amide bonds. The van der Waals surface area contributed by atoms with Crippen LogP contribution in [0.25, 0.3) is 0 Å². The molecular weight excluding hydrogens is 210 g/mol. The van der Waals surface area contributed by atoms with Crippen molar-refractivity contribution in [2.75, 3.05) is 18.1 Å². The van der Waals surface area contributed by atoms with Gasteiger partial charge in [-0.25, -0.2) is 0 Å². The van der Waals surface area contributed by atoms with Gasteiger partial charge >= 0.3 is 5.97 Å². The standard InChI is InChI=1S/C11H19NO2S/c1-9-4-2-6-12(9)11(10(13)14)5-3-7-15-8-11/h9H,2-8H2,1H3,(H,13,14). The molecule has 2 aliphatic rings. The molecule has 2 heterocycles. The molecule has 0 spiro atoms. The Balaban J connectivity index is 2.20. The first-order valence-corrected chi connectivity index (χ1v) is 6.90. The highest BCUT2D eigenvalue weighted by atomic mass is 32.2. The summed E-state index contributed by atoms with van der Waals surface area (Å²) >= 11 is 1.80. The van der Waals surface area contributed by atoms with Crippen LogP contribution in [0.15, 0.2) is 0 Å². The van der Waals surface area contributed by atoms with Crippen LogP contribution in [0.5, 0.6) is 0 Å². The fourth-order valence-electron chi connectivity index (χ4n) is 2.87. The van der Waals surface area contributed by atoms with Gasteiger partial charge in [0.2, 0.25) is 0 Å². The number of rotatable bonds is 2. The first-order chi connectivity index (χ1) is 7.17. The number of hydrogen-bond acceptors (Lipinski definition) is 3. The van der Waals surface area contributed by atoms with Gasteiger partial charge in [0.15, 0.2) is 0 Å². The van der Waals surface area contributed by atoms with E-state index in [1.54, 1.807) is 11.8 Å². The lowest BCUT2D eigenvalue weighted by Crippen LogP contribution is -2.59. The van der Waals surface area contributed by atoms with Gasteiger partial charge in [0.25, 0.3) is 0 Å². The van der Waals surface area contributed by atoms with Crippen LogP contribution in [0.1, 0.15) is 32.6 Å². The van der Waals surface area contributed by atoms with Crippen LogP contribution in [0.4, 0.5) is 0 Å². The summed E-state index contributed by atoms with van der Waals surface area (Å²) in [5.74, 6) is 1.28. The first-order valence-electron chi connectivity index (χ1n) is 5.75. The zero-order valence-corrected chi connectivity index (χ0v) is 10.1. The van der Waals surface area contributed by atoms with E-state index in [2.05, 4.69) is 11.8 Å². The molecule has 2 fully saturated rings. The molecular formula is C11H19NO2S. The SMILES string of the molecule is CC1CCCN1C1(C(=O)O)CCCSC1. The van der Waals surface area contributed by atoms with Gasteiger partial charge in [-0.05, 0) is 44.9 Å². The third kappa shape index (κ3) is 1.89. The van der Waals surface area contributed by atoms with Crippen molar-refractivity contribution in [1.29, 1.82) is 0 Å². The van der Waals surface area contributed by atoms with Gasteiger partial charge in [-0.3, -0.25) is 9.69 Å². The molecule has 4 heteroatoms. The van der Waals surface area contributed by atoms with Crippen molar-refractivity contribution < 1.29 is 9.90 Å². The van der Waals surface area contributed by atoms with E-state index in [1.165, 1.54) is 0 Å². The van der Waals surface area contributed by atoms with Crippen molar-refractivity contribution in [2.24, 2.45) is 0 Å². The maximum atomic E-state index is 11.6. The summed E-state index contributed by atoms with van der Waals surface area (Å²) in [4.78, 5) is 13.8. The largest absolute Gasteiger partial charge is 0.480 e. The number of hydrogen-bond donors (Lipinski definition) is 1. The summed E-state index contributed by atoms with van der Waals surface area (Å²) in [5.41, 5.74) is -0.557. The summed E-state index contributed by atoms with van der Waals surface area (Å²) in [6.07, 6.45) is 4.18. The molecule has 0 radical (unpaired) electrons. The number of thioether (sulfide) groups is 1. The molecule has 0 aromatic carbocycles. The van der Waals surface area contributed by atoms with E-state index >= 15 is 0 Å². The molecule has 1 N–H and O–H groups in total. The zero-order valence-electron chi connectivity index (χ0n) is 9.24. The molecule has 15 heavy (non-hydrogen) atoms. The minimum absolute atomic E-state index is 0.444. The van der Waals surface area contributed by atoms with Gasteiger partial charge in [0, 0.05) is 11.8 Å². The van der Waals surface area contributed by atoms with Crippen molar-refractivity contribution >= 4 is 17.7 Å². The van der Waals surface area contributed by atoms with Gasteiger partial charge in [-0.1, -0.05) is 0 Å². The highest BCUT2D eigenvalue weighted by molar-refractivity contribution is 7.99. The molecule has 0 aliphatic carbocycles. The van der Waals surface area contributed by atoms with E-state index in [-0.39, 0.29) is 0 Å². The van der Waals surface area contributed by atoms with Crippen LogP contribution < -0.4 is 0 Å². The lowest BCUT2D eigenvalue weighted by atomic mass is 9.92. The molecule has 2 aliphatic heterocycles. The van der Waals surface area contributed by atoms with Gasteiger partial charge in [-0.2, -0.15) is 11.8 Å². The van der Waals surface area contributed by atoms with Crippen molar-refractivity contribution in [3.8, 4) is 0 Å². The van der Waals surface area contributed by atoms with Gasteiger partial charge in [0.05, 0.1) is 0 Å². The fourth-order valence-corrected chi connectivity index (χ4v) is 4.13. The van der Waals surface area contributed by atoms with Crippen molar-refractivity contribution in [3.63, 3.8) is 0 Å². The Morgan fingerprint density at radius 1 is 1.53 bits per heavy atom. The summed E-state index contributed by atoms with van der Waals surface area (Å²) in [6, 6.07) is 0.444. The van der Waals surface area contributed by atoms with E-state index in [0.717, 1.165) is 43.7 Å². The van der Waals surface area contributed by atoms with Crippen LogP contribution >= 0.6 is 11.8 Å².